The molecule has 2 aliphatic heterocycles. The third-order valence-electron chi connectivity index (χ3n) is 8.39. The van der Waals surface area contributed by atoms with Gasteiger partial charge in [0, 0.05) is 47.3 Å². The van der Waals surface area contributed by atoms with Crippen molar-refractivity contribution in [2.75, 3.05) is 37.8 Å². The molecule has 3 aliphatic rings. The van der Waals surface area contributed by atoms with Crippen molar-refractivity contribution in [3.8, 4) is 6.07 Å². The zero-order chi connectivity index (χ0) is 26.9. The Balaban J connectivity index is 1.45. The van der Waals surface area contributed by atoms with E-state index in [1.54, 1.807) is 13.1 Å². The number of fused-ring (bicyclic) bond motifs is 3. The summed E-state index contributed by atoms with van der Waals surface area (Å²) in [6.45, 7) is 7.78. The molecule has 4 heterocycles. The number of rotatable bonds is 6. The fourth-order valence-corrected chi connectivity index (χ4v) is 6.99. The van der Waals surface area contributed by atoms with Gasteiger partial charge in [-0.15, -0.1) is 11.3 Å². The summed E-state index contributed by atoms with van der Waals surface area (Å²) in [5, 5.41) is 10.5. The van der Waals surface area contributed by atoms with Crippen molar-refractivity contribution in [3.63, 3.8) is 0 Å². The third kappa shape index (κ3) is 3.49. The summed E-state index contributed by atoms with van der Waals surface area (Å²) in [5.74, 6) is -0.117. The fraction of sp³-hybridized carbons (Fsp3) is 0.393. The molecule has 1 aliphatic carbocycles. The largest absolute Gasteiger partial charge is 0.389 e. The number of nitriles is 1. The molecule has 0 amide bonds. The van der Waals surface area contributed by atoms with Crippen LogP contribution in [0, 0.1) is 23.1 Å². The molecule has 1 aromatic carbocycles. The number of hydrogen-bond donors (Lipinski definition) is 1. The molecule has 1 saturated heterocycles. The van der Waals surface area contributed by atoms with Crippen molar-refractivity contribution < 1.29 is 13.5 Å². The molecule has 0 bridgehead atoms. The summed E-state index contributed by atoms with van der Waals surface area (Å²) >= 11 is 0.952. The predicted molar refractivity (Wildman–Crippen MR) is 146 cm³/mol. The summed E-state index contributed by atoms with van der Waals surface area (Å²) in [5.41, 5.74) is 8.53. The van der Waals surface area contributed by atoms with Crippen LogP contribution in [0.2, 0.25) is 0 Å². The monoisotopic (exact) mass is 534 g/mol. The molecular weight excluding hydrogens is 506 g/mol. The van der Waals surface area contributed by atoms with Gasteiger partial charge in [0.05, 0.1) is 23.7 Å². The summed E-state index contributed by atoms with van der Waals surface area (Å²) < 4.78 is 37.0. The van der Waals surface area contributed by atoms with Crippen molar-refractivity contribution >= 4 is 44.6 Å². The number of anilines is 2. The van der Waals surface area contributed by atoms with E-state index in [4.69, 9.17) is 10.5 Å². The Kier molecular flexibility index (Phi) is 5.79. The van der Waals surface area contributed by atoms with E-state index in [1.807, 2.05) is 6.07 Å². The Bertz CT molecular complexity index is 1580. The molecule has 3 aromatic rings. The lowest BCUT2D eigenvalue weighted by molar-refractivity contribution is 0.134. The zero-order valence-electron chi connectivity index (χ0n) is 21.6. The number of halogens is 2. The summed E-state index contributed by atoms with van der Waals surface area (Å²) in [6.07, 6.45) is 5.34. The first-order valence-corrected chi connectivity index (χ1v) is 13.4. The van der Waals surface area contributed by atoms with E-state index in [9.17, 15) is 9.65 Å². The van der Waals surface area contributed by atoms with E-state index < -0.39 is 11.6 Å². The number of nitrogen functional groups attached to an aromatic ring is 1. The number of thiophene rings is 1. The first-order chi connectivity index (χ1) is 18.2. The summed E-state index contributed by atoms with van der Waals surface area (Å²) in [7, 11) is 4.25. The molecule has 2 N–H and O–H groups in total. The van der Waals surface area contributed by atoms with Gasteiger partial charge in [-0.1, -0.05) is 12.7 Å². The lowest BCUT2D eigenvalue weighted by Gasteiger charge is -2.46. The van der Waals surface area contributed by atoms with Crippen molar-refractivity contribution in [1.29, 1.82) is 5.26 Å². The van der Waals surface area contributed by atoms with E-state index in [1.165, 1.54) is 18.9 Å². The third-order valence-corrected chi connectivity index (χ3v) is 9.41. The minimum absolute atomic E-state index is 0.0871. The molecule has 196 valence electrons. The van der Waals surface area contributed by atoms with Gasteiger partial charge in [0.2, 0.25) is 5.95 Å². The van der Waals surface area contributed by atoms with Crippen LogP contribution in [-0.4, -0.2) is 47.6 Å². The van der Waals surface area contributed by atoms with Crippen LogP contribution in [0.1, 0.15) is 52.5 Å². The Morgan fingerprint density at radius 2 is 2.03 bits per heavy atom. The topological polar surface area (TPSA) is 91.3 Å². The highest BCUT2D eigenvalue weighted by Crippen LogP contribution is 2.50. The average Bonchev–Trinajstić information content (AvgIpc) is 3.40. The quantitative estimate of drug-likeness (QED) is 0.463. The maximum absolute atomic E-state index is 16.4. The lowest BCUT2D eigenvalue weighted by atomic mass is 9.88. The van der Waals surface area contributed by atoms with Gasteiger partial charge < -0.3 is 20.3 Å². The van der Waals surface area contributed by atoms with Crippen LogP contribution in [0.15, 0.2) is 18.9 Å². The SMILES string of the molecule is C=C(c1c(/C(F)=C\C)sc(N)c1C#N)c1c2c(c3cnc(N4CC(C5(N(C)C)CC5)C4)nc3c1F)COC2. The van der Waals surface area contributed by atoms with Gasteiger partial charge in [-0.25, -0.2) is 18.7 Å². The molecule has 10 heteroatoms. The van der Waals surface area contributed by atoms with Crippen molar-refractivity contribution in [1.82, 2.24) is 14.9 Å². The highest BCUT2D eigenvalue weighted by molar-refractivity contribution is 7.17. The van der Waals surface area contributed by atoms with Crippen molar-refractivity contribution in [3.05, 3.63) is 57.4 Å². The second-order valence-electron chi connectivity index (χ2n) is 10.4. The smallest absolute Gasteiger partial charge is 0.225 e. The number of nitrogens with zero attached hydrogens (tertiary/aromatic N) is 5. The van der Waals surface area contributed by atoms with Crippen molar-refractivity contribution in [2.24, 2.45) is 5.92 Å². The van der Waals surface area contributed by atoms with Crippen LogP contribution < -0.4 is 10.6 Å². The Hall–Kier alpha value is -3.39. The lowest BCUT2D eigenvalue weighted by Crippen LogP contribution is -2.57. The number of hydrogen-bond acceptors (Lipinski definition) is 8. The number of nitrogens with two attached hydrogens (primary N) is 1. The molecule has 0 spiro atoms. The molecule has 7 nitrogen and oxygen atoms in total. The van der Waals surface area contributed by atoms with Gasteiger partial charge >= 0.3 is 0 Å². The van der Waals surface area contributed by atoms with Crippen LogP contribution in [-0.2, 0) is 18.0 Å². The van der Waals surface area contributed by atoms with Crippen LogP contribution in [0.3, 0.4) is 0 Å². The average molecular weight is 535 g/mol. The molecule has 2 fully saturated rings. The van der Waals surface area contributed by atoms with Gasteiger partial charge in [-0.3, -0.25) is 0 Å². The fourth-order valence-electron chi connectivity index (χ4n) is 5.97. The molecule has 0 radical (unpaired) electrons. The Labute approximate surface area is 223 Å². The second-order valence-corrected chi connectivity index (χ2v) is 11.5. The van der Waals surface area contributed by atoms with Crippen LogP contribution >= 0.6 is 11.3 Å². The maximum Gasteiger partial charge on any atom is 0.225 e. The molecular formula is C28H28F2N6OS. The van der Waals surface area contributed by atoms with E-state index in [0.29, 0.717) is 22.8 Å². The van der Waals surface area contributed by atoms with E-state index >= 15 is 4.39 Å². The van der Waals surface area contributed by atoms with Gasteiger partial charge in [0.1, 0.15) is 22.4 Å². The zero-order valence-corrected chi connectivity index (χ0v) is 22.4. The highest BCUT2D eigenvalue weighted by Gasteiger charge is 2.55. The molecule has 6 rings (SSSR count). The van der Waals surface area contributed by atoms with Crippen molar-refractivity contribution in [2.45, 2.75) is 38.5 Å². The Morgan fingerprint density at radius 3 is 2.66 bits per heavy atom. The van der Waals surface area contributed by atoms with Crippen LogP contribution in [0.25, 0.3) is 22.3 Å². The van der Waals surface area contributed by atoms with Gasteiger partial charge in [0.25, 0.3) is 0 Å². The Morgan fingerprint density at radius 1 is 1.32 bits per heavy atom. The number of ether oxygens (including phenoxy) is 1. The van der Waals surface area contributed by atoms with Gasteiger partial charge in [-0.2, -0.15) is 5.26 Å². The second kappa shape index (κ2) is 8.83. The van der Waals surface area contributed by atoms with Crippen LogP contribution in [0.4, 0.5) is 19.7 Å². The number of aromatic nitrogens is 2. The first kappa shape index (κ1) is 24.9. The highest BCUT2D eigenvalue weighted by atomic mass is 32.1. The maximum atomic E-state index is 16.4. The minimum atomic E-state index is -0.581. The first-order valence-electron chi connectivity index (χ1n) is 12.6. The summed E-state index contributed by atoms with van der Waals surface area (Å²) in [4.78, 5) is 13.8. The minimum Gasteiger partial charge on any atom is -0.389 e. The molecule has 0 unspecified atom stereocenters. The van der Waals surface area contributed by atoms with E-state index in [2.05, 4.69) is 40.4 Å². The summed E-state index contributed by atoms with van der Waals surface area (Å²) in [6, 6.07) is 2.05. The normalized spacial score (nSPS) is 18.6. The van der Waals surface area contributed by atoms with E-state index in [-0.39, 0.29) is 56.4 Å². The molecule has 1 saturated carbocycles. The predicted octanol–water partition coefficient (Wildman–Crippen LogP) is 5.24. The number of allylic oxidation sites excluding steroid dienone is 1. The van der Waals surface area contributed by atoms with Crippen LogP contribution in [0.5, 0.6) is 0 Å². The standard InChI is InChI=1S/C28H28F2N6OS/c1-5-20(29)25-22(16(8-31)26(32)38-25)14(2)21-19-13-37-12-18(19)17-9-33-27(34-24(17)23(21)30)36-10-15(11-36)28(6-7-28)35(3)4/h5,9,15H,2,6-7,10-13,32H2,1,3-4H3/b20-5+. The van der Waals surface area contributed by atoms with Gasteiger partial charge in [0.15, 0.2) is 5.82 Å². The molecule has 2 aromatic heterocycles. The molecule has 38 heavy (non-hydrogen) atoms. The molecule has 0 atom stereocenters. The van der Waals surface area contributed by atoms with Gasteiger partial charge in [-0.05, 0) is 50.6 Å². The number of benzene rings is 1. The van der Waals surface area contributed by atoms with E-state index in [0.717, 1.165) is 30.0 Å².